The Morgan fingerprint density at radius 1 is 1.37 bits per heavy atom. The number of nitrogens with zero attached hydrogens (tertiary/aromatic N) is 5. The van der Waals surface area contributed by atoms with E-state index in [4.69, 9.17) is 9.72 Å². The summed E-state index contributed by atoms with van der Waals surface area (Å²) in [5.74, 6) is 2.28. The molecular formula is C18H19N7O2. The van der Waals surface area contributed by atoms with E-state index in [-0.39, 0.29) is 12.1 Å². The Morgan fingerprint density at radius 2 is 2.26 bits per heavy atom. The van der Waals surface area contributed by atoms with Gasteiger partial charge in [-0.15, -0.1) is 0 Å². The van der Waals surface area contributed by atoms with Gasteiger partial charge in [0.25, 0.3) is 0 Å². The Morgan fingerprint density at radius 3 is 3.04 bits per heavy atom. The van der Waals surface area contributed by atoms with Gasteiger partial charge in [0.15, 0.2) is 5.82 Å². The maximum absolute atomic E-state index is 12.2. The van der Waals surface area contributed by atoms with Crippen LogP contribution in [-0.2, 0) is 9.53 Å². The standard InChI is InChI=1S/C18H19N7O2/c1-18-8-11(27-15(18)26)9-25(18)17-20-14-3-2-6-24(14)16(21-17)19-13-7-12(22-23-13)10-4-5-10/h2-3,6-7,10-11H,4-5,8-9H2,1H3,(H2,19,20,21,22,23)/t11-,18-/m0/s1. The van der Waals surface area contributed by atoms with Gasteiger partial charge in [0.1, 0.15) is 17.3 Å². The number of aromatic nitrogens is 5. The molecule has 2 aliphatic heterocycles. The molecule has 0 spiro atoms. The molecule has 2 N–H and O–H groups in total. The lowest BCUT2D eigenvalue weighted by atomic mass is 10.0. The summed E-state index contributed by atoms with van der Waals surface area (Å²) in [5.41, 5.74) is 1.22. The average molecular weight is 365 g/mol. The van der Waals surface area contributed by atoms with Gasteiger partial charge in [-0.2, -0.15) is 15.1 Å². The Labute approximate surface area is 154 Å². The number of hydrogen-bond donors (Lipinski definition) is 2. The largest absolute Gasteiger partial charge is 0.459 e. The van der Waals surface area contributed by atoms with Crippen molar-refractivity contribution in [3.05, 3.63) is 30.1 Å². The monoisotopic (exact) mass is 365 g/mol. The van der Waals surface area contributed by atoms with Crippen molar-refractivity contribution in [2.45, 2.75) is 43.7 Å². The van der Waals surface area contributed by atoms with Crippen molar-refractivity contribution in [2.75, 3.05) is 16.8 Å². The van der Waals surface area contributed by atoms with Crippen LogP contribution in [0.3, 0.4) is 0 Å². The van der Waals surface area contributed by atoms with Crippen LogP contribution < -0.4 is 10.2 Å². The number of aromatic amines is 1. The van der Waals surface area contributed by atoms with Crippen molar-refractivity contribution in [3.8, 4) is 0 Å². The molecule has 3 aromatic heterocycles. The molecule has 2 atom stereocenters. The predicted molar refractivity (Wildman–Crippen MR) is 97.1 cm³/mol. The van der Waals surface area contributed by atoms with E-state index in [1.54, 1.807) is 0 Å². The summed E-state index contributed by atoms with van der Waals surface area (Å²) in [7, 11) is 0. The molecule has 2 saturated heterocycles. The molecule has 0 unspecified atom stereocenters. The molecule has 27 heavy (non-hydrogen) atoms. The maximum atomic E-state index is 12.2. The normalized spacial score (nSPS) is 26.8. The molecular weight excluding hydrogens is 346 g/mol. The Kier molecular flexibility index (Phi) is 2.78. The van der Waals surface area contributed by atoms with Gasteiger partial charge >= 0.3 is 5.97 Å². The second-order valence-electron chi connectivity index (χ2n) is 7.81. The van der Waals surface area contributed by atoms with Gasteiger partial charge in [-0.05, 0) is 31.9 Å². The number of fused-ring (bicyclic) bond motifs is 3. The summed E-state index contributed by atoms with van der Waals surface area (Å²) in [6, 6.07) is 5.88. The molecule has 3 aliphatic rings. The van der Waals surface area contributed by atoms with Crippen molar-refractivity contribution in [3.63, 3.8) is 0 Å². The molecule has 2 bridgehead atoms. The summed E-state index contributed by atoms with van der Waals surface area (Å²) < 4.78 is 7.25. The molecule has 3 aromatic rings. The Bertz CT molecular complexity index is 1070. The third-order valence-electron chi connectivity index (χ3n) is 5.79. The molecule has 1 aliphatic carbocycles. The highest BCUT2D eigenvalue weighted by Crippen LogP contribution is 2.41. The van der Waals surface area contributed by atoms with Crippen molar-refractivity contribution < 1.29 is 9.53 Å². The predicted octanol–water partition coefficient (Wildman–Crippen LogP) is 1.97. The SMILES string of the molecule is C[C@@]12C[C@@H](CN1c1nc(Nc3cc(C4CC4)[nH]n3)n3cccc3n1)OC2=O. The number of hydrogen-bond acceptors (Lipinski definition) is 7. The second kappa shape index (κ2) is 4.99. The number of esters is 1. The van der Waals surface area contributed by atoms with Crippen LogP contribution in [0.1, 0.15) is 37.8 Å². The zero-order chi connectivity index (χ0) is 18.2. The van der Waals surface area contributed by atoms with Crippen LogP contribution in [0.15, 0.2) is 24.4 Å². The van der Waals surface area contributed by atoms with Crippen molar-refractivity contribution >= 4 is 29.3 Å². The van der Waals surface area contributed by atoms with Gasteiger partial charge in [-0.1, -0.05) is 0 Å². The number of carbonyl (C=O) groups is 1. The van der Waals surface area contributed by atoms with Crippen molar-refractivity contribution in [1.29, 1.82) is 0 Å². The number of H-pyrrole nitrogens is 1. The third-order valence-corrected chi connectivity index (χ3v) is 5.79. The number of anilines is 3. The minimum Gasteiger partial charge on any atom is -0.459 e. The van der Waals surface area contributed by atoms with E-state index in [0.29, 0.717) is 30.8 Å². The smallest absolute Gasteiger partial charge is 0.332 e. The lowest BCUT2D eigenvalue weighted by molar-refractivity contribution is -0.147. The summed E-state index contributed by atoms with van der Waals surface area (Å²) >= 11 is 0. The van der Waals surface area contributed by atoms with Crippen LogP contribution in [0.5, 0.6) is 0 Å². The highest BCUT2D eigenvalue weighted by atomic mass is 16.6. The molecule has 138 valence electrons. The highest BCUT2D eigenvalue weighted by molar-refractivity contribution is 5.88. The molecule has 1 saturated carbocycles. The fraction of sp³-hybridized carbons (Fsp3) is 0.444. The first-order chi connectivity index (χ1) is 13.1. The van der Waals surface area contributed by atoms with Crippen LogP contribution >= 0.6 is 0 Å². The highest BCUT2D eigenvalue weighted by Gasteiger charge is 2.57. The van der Waals surface area contributed by atoms with E-state index in [1.807, 2.05) is 40.6 Å². The van der Waals surface area contributed by atoms with Crippen LogP contribution in [0.25, 0.3) is 5.65 Å². The van der Waals surface area contributed by atoms with Crippen LogP contribution in [0.4, 0.5) is 17.7 Å². The molecule has 3 fully saturated rings. The topological polar surface area (TPSA) is 100 Å². The Balaban J connectivity index is 1.40. The van der Waals surface area contributed by atoms with Gasteiger partial charge in [0.05, 0.1) is 6.54 Å². The molecule has 5 heterocycles. The van der Waals surface area contributed by atoms with E-state index < -0.39 is 5.54 Å². The zero-order valence-electron chi connectivity index (χ0n) is 14.8. The molecule has 0 amide bonds. The number of rotatable bonds is 4. The third kappa shape index (κ3) is 2.17. The molecule has 0 radical (unpaired) electrons. The average Bonchev–Trinajstić information content (AvgIpc) is 2.98. The quantitative estimate of drug-likeness (QED) is 0.682. The lowest BCUT2D eigenvalue weighted by Crippen LogP contribution is -2.51. The summed E-state index contributed by atoms with van der Waals surface area (Å²) in [6.07, 6.45) is 4.92. The number of morpholine rings is 1. The molecule has 0 aromatic carbocycles. The first-order valence-corrected chi connectivity index (χ1v) is 9.26. The van der Waals surface area contributed by atoms with Crippen LogP contribution in [0.2, 0.25) is 0 Å². The van der Waals surface area contributed by atoms with E-state index in [9.17, 15) is 4.79 Å². The van der Waals surface area contributed by atoms with Crippen LogP contribution in [-0.4, -0.2) is 48.7 Å². The van der Waals surface area contributed by atoms with Gasteiger partial charge in [0.2, 0.25) is 11.9 Å². The number of ether oxygens (including phenoxy) is 1. The molecule has 9 heteroatoms. The minimum atomic E-state index is -0.696. The van der Waals surface area contributed by atoms with Gasteiger partial charge in [-0.3, -0.25) is 9.50 Å². The van der Waals surface area contributed by atoms with Gasteiger partial charge in [-0.25, -0.2) is 4.79 Å². The van der Waals surface area contributed by atoms with E-state index in [1.165, 1.54) is 12.8 Å². The van der Waals surface area contributed by atoms with Crippen LogP contribution in [0, 0.1) is 0 Å². The van der Waals surface area contributed by atoms with Gasteiger partial charge in [0, 0.05) is 30.3 Å². The zero-order valence-corrected chi connectivity index (χ0v) is 14.8. The summed E-state index contributed by atoms with van der Waals surface area (Å²) in [6.45, 7) is 2.52. The Hall–Kier alpha value is -3.10. The van der Waals surface area contributed by atoms with Crippen molar-refractivity contribution in [2.24, 2.45) is 0 Å². The van der Waals surface area contributed by atoms with E-state index in [0.717, 1.165) is 17.2 Å². The van der Waals surface area contributed by atoms with E-state index >= 15 is 0 Å². The van der Waals surface area contributed by atoms with Gasteiger partial charge < -0.3 is 15.0 Å². The first kappa shape index (κ1) is 15.0. The number of carbonyl (C=O) groups excluding carboxylic acids is 1. The first-order valence-electron chi connectivity index (χ1n) is 9.26. The number of nitrogens with one attached hydrogen (secondary N) is 2. The fourth-order valence-electron chi connectivity index (χ4n) is 4.12. The summed E-state index contributed by atoms with van der Waals surface area (Å²) in [5, 5.41) is 10.7. The molecule has 9 nitrogen and oxygen atoms in total. The minimum absolute atomic E-state index is 0.0852. The second-order valence-corrected chi connectivity index (χ2v) is 7.81. The van der Waals surface area contributed by atoms with E-state index in [2.05, 4.69) is 20.5 Å². The van der Waals surface area contributed by atoms with Crippen molar-refractivity contribution in [1.82, 2.24) is 24.6 Å². The maximum Gasteiger partial charge on any atom is 0.332 e. The summed E-state index contributed by atoms with van der Waals surface area (Å²) in [4.78, 5) is 23.6. The fourth-order valence-corrected chi connectivity index (χ4v) is 4.12. The molecule has 6 rings (SSSR count). The lowest BCUT2D eigenvalue weighted by Gasteiger charge is -2.33.